The maximum Gasteiger partial charge on any atom is 0.315 e. The molecule has 0 aliphatic carbocycles. The maximum atomic E-state index is 12.4. The Kier molecular flexibility index (Phi) is 7.41. The van der Waals surface area contributed by atoms with Gasteiger partial charge < -0.3 is 16.0 Å². The van der Waals surface area contributed by atoms with E-state index in [-0.39, 0.29) is 18.0 Å². The monoisotopic (exact) mass is 367 g/mol. The van der Waals surface area contributed by atoms with Crippen LogP contribution in [0.4, 0.5) is 10.5 Å². The van der Waals surface area contributed by atoms with Crippen molar-refractivity contribution in [2.75, 3.05) is 5.32 Å². The Morgan fingerprint density at radius 1 is 0.926 bits per heavy atom. The third-order valence-corrected chi connectivity index (χ3v) is 4.44. The predicted octanol–water partition coefficient (Wildman–Crippen LogP) is 4.66. The molecule has 5 heteroatoms. The number of hydrogen-bond donors (Lipinski definition) is 3. The molecule has 144 valence electrons. The van der Waals surface area contributed by atoms with E-state index in [1.807, 2.05) is 38.1 Å². The van der Waals surface area contributed by atoms with E-state index in [4.69, 9.17) is 0 Å². The van der Waals surface area contributed by atoms with Crippen molar-refractivity contribution in [1.82, 2.24) is 10.6 Å². The molecule has 0 saturated carbocycles. The third kappa shape index (κ3) is 6.44. The molecule has 5 nitrogen and oxygen atoms in total. The first-order valence-corrected chi connectivity index (χ1v) is 9.43. The van der Waals surface area contributed by atoms with Gasteiger partial charge in [0.2, 0.25) is 0 Å². The van der Waals surface area contributed by atoms with Gasteiger partial charge >= 0.3 is 6.03 Å². The van der Waals surface area contributed by atoms with Gasteiger partial charge in [-0.05, 0) is 61.6 Å². The number of amides is 3. The summed E-state index contributed by atoms with van der Waals surface area (Å²) in [6.07, 6.45) is 1.09. The molecule has 0 fully saturated rings. The number of carbonyl (C=O) groups excluding carboxylic acids is 2. The fraction of sp³-hybridized carbons (Fsp3) is 0.364. The Morgan fingerprint density at radius 3 is 2.11 bits per heavy atom. The van der Waals surface area contributed by atoms with Crippen molar-refractivity contribution < 1.29 is 9.59 Å². The van der Waals surface area contributed by atoms with Crippen LogP contribution in [0, 0.1) is 0 Å². The van der Waals surface area contributed by atoms with E-state index >= 15 is 0 Å². The quantitative estimate of drug-likeness (QED) is 0.666. The van der Waals surface area contributed by atoms with Crippen molar-refractivity contribution in [2.24, 2.45) is 0 Å². The normalized spacial score (nSPS) is 11.7. The zero-order valence-corrected chi connectivity index (χ0v) is 16.5. The lowest BCUT2D eigenvalue weighted by Crippen LogP contribution is -2.39. The Labute approximate surface area is 161 Å². The van der Waals surface area contributed by atoms with Gasteiger partial charge in [-0.1, -0.05) is 38.1 Å². The molecule has 2 aromatic carbocycles. The average molecular weight is 367 g/mol. The van der Waals surface area contributed by atoms with Crippen LogP contribution in [0.15, 0.2) is 48.5 Å². The molecule has 2 rings (SSSR count). The fourth-order valence-electron chi connectivity index (χ4n) is 2.60. The van der Waals surface area contributed by atoms with Gasteiger partial charge in [-0.3, -0.25) is 4.79 Å². The first-order valence-electron chi connectivity index (χ1n) is 9.43. The lowest BCUT2D eigenvalue weighted by molar-refractivity contribution is 0.102. The van der Waals surface area contributed by atoms with E-state index in [1.54, 1.807) is 12.1 Å². The van der Waals surface area contributed by atoms with Crippen LogP contribution in [0.3, 0.4) is 0 Å². The molecule has 0 spiro atoms. The minimum atomic E-state index is -0.201. The van der Waals surface area contributed by atoms with E-state index in [1.165, 1.54) is 5.56 Å². The minimum absolute atomic E-state index is 0.0929. The van der Waals surface area contributed by atoms with Crippen LogP contribution in [-0.2, 0) is 6.54 Å². The highest BCUT2D eigenvalue weighted by molar-refractivity contribution is 6.04. The number of rotatable bonds is 7. The van der Waals surface area contributed by atoms with Crippen LogP contribution < -0.4 is 16.0 Å². The van der Waals surface area contributed by atoms with Crippen molar-refractivity contribution in [3.8, 4) is 0 Å². The molecule has 2 aromatic rings. The Morgan fingerprint density at radius 2 is 1.56 bits per heavy atom. The third-order valence-electron chi connectivity index (χ3n) is 4.44. The molecule has 0 saturated heterocycles. The molecule has 0 heterocycles. The van der Waals surface area contributed by atoms with Gasteiger partial charge in [0.15, 0.2) is 0 Å². The van der Waals surface area contributed by atoms with Crippen LogP contribution >= 0.6 is 0 Å². The number of carbonyl (C=O) groups is 2. The van der Waals surface area contributed by atoms with Crippen molar-refractivity contribution in [1.29, 1.82) is 0 Å². The highest BCUT2D eigenvalue weighted by Crippen LogP contribution is 2.20. The predicted molar refractivity (Wildman–Crippen MR) is 110 cm³/mol. The average Bonchev–Trinajstić information content (AvgIpc) is 2.66. The summed E-state index contributed by atoms with van der Waals surface area (Å²) in [7, 11) is 0. The molecule has 3 N–H and O–H groups in total. The van der Waals surface area contributed by atoms with E-state index in [9.17, 15) is 9.59 Å². The summed E-state index contributed by atoms with van der Waals surface area (Å²) in [5.41, 5.74) is 3.57. The molecule has 0 aliphatic rings. The van der Waals surface area contributed by atoms with Crippen LogP contribution in [0.5, 0.6) is 0 Å². The largest absolute Gasteiger partial charge is 0.336 e. The Bertz CT molecular complexity index is 752. The Balaban J connectivity index is 1.90. The molecule has 0 aliphatic heterocycles. The van der Waals surface area contributed by atoms with Gasteiger partial charge in [0.25, 0.3) is 5.91 Å². The second-order valence-corrected chi connectivity index (χ2v) is 7.06. The summed E-state index contributed by atoms with van der Waals surface area (Å²) in [6, 6.07) is 15.1. The van der Waals surface area contributed by atoms with E-state index in [2.05, 4.69) is 41.9 Å². The van der Waals surface area contributed by atoms with Gasteiger partial charge in [-0.2, -0.15) is 0 Å². The zero-order valence-electron chi connectivity index (χ0n) is 16.5. The molecule has 0 bridgehead atoms. The highest BCUT2D eigenvalue weighted by atomic mass is 16.2. The molecular weight excluding hydrogens is 338 g/mol. The van der Waals surface area contributed by atoms with Crippen LogP contribution in [0.25, 0.3) is 0 Å². The van der Waals surface area contributed by atoms with Crippen molar-refractivity contribution in [3.05, 3.63) is 65.2 Å². The van der Waals surface area contributed by atoms with Crippen LogP contribution in [0.2, 0.25) is 0 Å². The van der Waals surface area contributed by atoms with Crippen molar-refractivity contribution in [3.63, 3.8) is 0 Å². The van der Waals surface area contributed by atoms with Gasteiger partial charge in [0.1, 0.15) is 0 Å². The van der Waals surface area contributed by atoms with Crippen LogP contribution in [-0.4, -0.2) is 18.0 Å². The molecule has 0 aromatic heterocycles. The number of urea groups is 1. The standard InChI is InChI=1S/C22H29N3O2/c1-5-16(4)18-10-12-20(13-11-18)25-21(26)19-8-6-17(7-9-19)14-23-22(27)24-15(2)3/h6-13,15-16H,5,14H2,1-4H3,(H,25,26)(H2,23,24,27)/t16-/m1/s1. The SMILES string of the molecule is CC[C@@H](C)c1ccc(NC(=O)c2ccc(CNC(=O)NC(C)C)cc2)cc1. The van der Waals surface area contributed by atoms with Gasteiger partial charge in [-0.25, -0.2) is 4.79 Å². The second kappa shape index (κ2) is 9.76. The highest BCUT2D eigenvalue weighted by Gasteiger charge is 2.08. The summed E-state index contributed by atoms with van der Waals surface area (Å²) >= 11 is 0. The summed E-state index contributed by atoms with van der Waals surface area (Å²) < 4.78 is 0. The van der Waals surface area contributed by atoms with E-state index < -0.39 is 0 Å². The summed E-state index contributed by atoms with van der Waals surface area (Å²) in [5, 5.41) is 8.47. The molecule has 3 amide bonds. The number of anilines is 1. The second-order valence-electron chi connectivity index (χ2n) is 7.06. The van der Waals surface area contributed by atoms with E-state index in [0.717, 1.165) is 17.7 Å². The number of hydrogen-bond acceptors (Lipinski definition) is 2. The zero-order chi connectivity index (χ0) is 19.8. The molecular formula is C22H29N3O2. The number of nitrogens with one attached hydrogen (secondary N) is 3. The van der Waals surface area contributed by atoms with E-state index in [0.29, 0.717) is 18.0 Å². The van der Waals surface area contributed by atoms with Gasteiger partial charge in [0.05, 0.1) is 0 Å². The lowest BCUT2D eigenvalue weighted by atomic mass is 9.98. The molecule has 0 radical (unpaired) electrons. The van der Waals surface area contributed by atoms with Gasteiger partial charge in [-0.15, -0.1) is 0 Å². The maximum absolute atomic E-state index is 12.4. The molecule has 1 atom stereocenters. The number of benzene rings is 2. The smallest absolute Gasteiger partial charge is 0.315 e. The van der Waals surface area contributed by atoms with Crippen molar-refractivity contribution >= 4 is 17.6 Å². The molecule has 27 heavy (non-hydrogen) atoms. The Hall–Kier alpha value is -2.82. The van der Waals surface area contributed by atoms with Crippen molar-refractivity contribution in [2.45, 2.75) is 52.6 Å². The summed E-state index contributed by atoms with van der Waals surface area (Å²) in [5.74, 6) is 0.363. The first-order chi connectivity index (χ1) is 12.9. The van der Waals surface area contributed by atoms with Crippen LogP contribution in [0.1, 0.15) is 61.5 Å². The molecule has 0 unspecified atom stereocenters. The minimum Gasteiger partial charge on any atom is -0.336 e. The first kappa shape index (κ1) is 20.5. The topological polar surface area (TPSA) is 70.2 Å². The lowest BCUT2D eigenvalue weighted by Gasteiger charge is -2.11. The summed E-state index contributed by atoms with van der Waals surface area (Å²) in [4.78, 5) is 24.0. The fourth-order valence-corrected chi connectivity index (χ4v) is 2.60. The van der Waals surface area contributed by atoms with Gasteiger partial charge in [0, 0.05) is 23.8 Å². The summed E-state index contributed by atoms with van der Waals surface area (Å²) in [6.45, 7) is 8.58.